The molecule has 0 heterocycles. The minimum atomic E-state index is -4.05. The maximum Gasteiger partial charge on any atom is 0.264 e. The van der Waals surface area contributed by atoms with Crippen LogP contribution in [-0.4, -0.2) is 35.1 Å². The Morgan fingerprint density at radius 3 is 2.29 bits per heavy atom. The normalized spacial score (nSPS) is 12.1. The second-order valence-electron chi connectivity index (χ2n) is 8.16. The van der Waals surface area contributed by atoms with Crippen molar-refractivity contribution in [2.24, 2.45) is 0 Å². The lowest BCUT2D eigenvalue weighted by Gasteiger charge is -2.26. The number of benzene rings is 3. The Kier molecular flexibility index (Phi) is 8.30. The van der Waals surface area contributed by atoms with E-state index >= 15 is 0 Å². The molecular weight excluding hydrogens is 488 g/mol. The first-order valence-corrected chi connectivity index (χ1v) is 12.8. The summed E-state index contributed by atoms with van der Waals surface area (Å²) in [4.78, 5) is 13.2. The SMILES string of the molecule is COc1ccc(OC)c([C@@H](C)NC(=O)CN(c2ccc(C)c(Cl)c2)S(=O)(=O)c2ccc(C)cc2)c1. The van der Waals surface area contributed by atoms with Crippen LogP contribution in [-0.2, 0) is 14.8 Å². The molecule has 0 fully saturated rings. The van der Waals surface area contributed by atoms with Gasteiger partial charge in [0.1, 0.15) is 18.0 Å². The van der Waals surface area contributed by atoms with Gasteiger partial charge in [-0.2, -0.15) is 0 Å². The highest BCUT2D eigenvalue weighted by atomic mass is 35.5. The van der Waals surface area contributed by atoms with Gasteiger partial charge in [0.15, 0.2) is 0 Å². The molecule has 0 aromatic heterocycles. The summed E-state index contributed by atoms with van der Waals surface area (Å²) in [5, 5.41) is 3.27. The summed E-state index contributed by atoms with van der Waals surface area (Å²) >= 11 is 6.29. The standard InChI is InChI=1S/C26H29ClN2O5S/c1-17-6-11-22(12-7-17)35(31,32)29(20-9-8-18(2)24(27)14-20)16-26(30)28-19(3)23-15-21(33-4)10-13-25(23)34-5/h6-15,19H,16H2,1-5H3,(H,28,30)/t19-/m1/s1. The Hall–Kier alpha value is -3.23. The van der Waals surface area contributed by atoms with Crippen LogP contribution in [0.2, 0.25) is 5.02 Å². The Labute approximate surface area is 211 Å². The summed E-state index contributed by atoms with van der Waals surface area (Å²) in [5.74, 6) is 0.697. The predicted molar refractivity (Wildman–Crippen MR) is 138 cm³/mol. The van der Waals surface area contributed by atoms with E-state index in [4.69, 9.17) is 21.1 Å². The number of aryl methyl sites for hydroxylation is 2. The third-order valence-corrected chi connectivity index (χ3v) is 7.82. The van der Waals surface area contributed by atoms with E-state index in [1.54, 1.807) is 62.6 Å². The van der Waals surface area contributed by atoms with Crippen LogP contribution in [0, 0.1) is 13.8 Å². The number of ether oxygens (including phenoxy) is 2. The van der Waals surface area contributed by atoms with Crippen LogP contribution in [0.3, 0.4) is 0 Å². The van der Waals surface area contributed by atoms with Crippen molar-refractivity contribution < 1.29 is 22.7 Å². The van der Waals surface area contributed by atoms with E-state index in [0.717, 1.165) is 15.4 Å². The predicted octanol–water partition coefficient (Wildman–Crippen LogP) is 5.05. The zero-order chi connectivity index (χ0) is 25.8. The Bertz CT molecular complexity index is 1310. The Morgan fingerprint density at radius 2 is 1.69 bits per heavy atom. The minimum Gasteiger partial charge on any atom is -0.497 e. The fourth-order valence-corrected chi connectivity index (χ4v) is 5.15. The molecule has 1 amide bonds. The van der Waals surface area contributed by atoms with Crippen LogP contribution < -0.4 is 19.1 Å². The van der Waals surface area contributed by atoms with Crippen molar-refractivity contribution in [3.05, 3.63) is 82.4 Å². The molecule has 0 radical (unpaired) electrons. The summed E-state index contributed by atoms with van der Waals surface area (Å²) in [6.07, 6.45) is 0. The van der Waals surface area contributed by atoms with E-state index in [9.17, 15) is 13.2 Å². The van der Waals surface area contributed by atoms with Gasteiger partial charge in [-0.1, -0.05) is 35.4 Å². The average molecular weight is 517 g/mol. The van der Waals surface area contributed by atoms with E-state index in [0.29, 0.717) is 27.8 Å². The van der Waals surface area contributed by atoms with Crippen molar-refractivity contribution in [2.45, 2.75) is 31.7 Å². The molecule has 3 aromatic rings. The molecule has 0 bridgehead atoms. The number of halogens is 1. The molecule has 7 nitrogen and oxygen atoms in total. The van der Waals surface area contributed by atoms with Crippen molar-refractivity contribution >= 4 is 33.2 Å². The minimum absolute atomic E-state index is 0.0788. The number of hydrogen-bond acceptors (Lipinski definition) is 5. The second kappa shape index (κ2) is 11.0. The molecule has 0 aliphatic carbocycles. The zero-order valence-electron chi connectivity index (χ0n) is 20.3. The van der Waals surface area contributed by atoms with Crippen molar-refractivity contribution in [1.29, 1.82) is 0 Å². The molecule has 0 unspecified atom stereocenters. The number of carbonyl (C=O) groups is 1. The summed E-state index contributed by atoms with van der Waals surface area (Å²) in [7, 11) is -0.961. The van der Waals surface area contributed by atoms with E-state index in [-0.39, 0.29) is 4.90 Å². The molecular formula is C26H29ClN2O5S. The highest BCUT2D eigenvalue weighted by molar-refractivity contribution is 7.92. The summed E-state index contributed by atoms with van der Waals surface area (Å²) in [5.41, 5.74) is 2.72. The smallest absolute Gasteiger partial charge is 0.264 e. The highest BCUT2D eigenvalue weighted by Gasteiger charge is 2.28. The molecule has 0 aliphatic rings. The molecule has 0 aliphatic heterocycles. The van der Waals surface area contributed by atoms with E-state index < -0.39 is 28.5 Å². The number of anilines is 1. The third kappa shape index (κ3) is 6.07. The van der Waals surface area contributed by atoms with Crippen LogP contribution in [0.4, 0.5) is 5.69 Å². The first-order chi connectivity index (χ1) is 16.6. The molecule has 0 spiro atoms. The maximum atomic E-state index is 13.6. The fraction of sp³-hybridized carbons (Fsp3) is 0.269. The van der Waals surface area contributed by atoms with Crippen molar-refractivity contribution in [3.8, 4) is 11.5 Å². The monoisotopic (exact) mass is 516 g/mol. The lowest BCUT2D eigenvalue weighted by Crippen LogP contribution is -2.41. The van der Waals surface area contributed by atoms with E-state index in [1.165, 1.54) is 19.2 Å². The number of nitrogens with zero attached hydrogens (tertiary/aromatic N) is 1. The van der Waals surface area contributed by atoms with Gasteiger partial charge in [0.2, 0.25) is 5.91 Å². The van der Waals surface area contributed by atoms with Crippen molar-refractivity contribution in [2.75, 3.05) is 25.1 Å². The second-order valence-corrected chi connectivity index (χ2v) is 10.4. The molecule has 3 aromatic carbocycles. The van der Waals surface area contributed by atoms with Gasteiger partial charge in [-0.05, 0) is 68.8 Å². The number of rotatable bonds is 9. The largest absolute Gasteiger partial charge is 0.497 e. The van der Waals surface area contributed by atoms with Gasteiger partial charge in [0.25, 0.3) is 10.0 Å². The van der Waals surface area contributed by atoms with Crippen LogP contribution in [0.15, 0.2) is 65.6 Å². The van der Waals surface area contributed by atoms with Gasteiger partial charge in [-0.25, -0.2) is 8.42 Å². The molecule has 1 atom stereocenters. The lowest BCUT2D eigenvalue weighted by molar-refractivity contribution is -0.120. The van der Waals surface area contributed by atoms with Gasteiger partial charge in [-0.3, -0.25) is 9.10 Å². The average Bonchev–Trinajstić information content (AvgIpc) is 2.84. The first kappa shape index (κ1) is 26.4. The maximum absolute atomic E-state index is 13.6. The van der Waals surface area contributed by atoms with Crippen molar-refractivity contribution in [3.63, 3.8) is 0 Å². The van der Waals surface area contributed by atoms with Crippen LogP contribution in [0.25, 0.3) is 0 Å². The van der Waals surface area contributed by atoms with Gasteiger partial charge >= 0.3 is 0 Å². The van der Waals surface area contributed by atoms with E-state index in [2.05, 4.69) is 5.32 Å². The molecule has 3 rings (SSSR count). The van der Waals surface area contributed by atoms with Gasteiger partial charge < -0.3 is 14.8 Å². The molecule has 186 valence electrons. The molecule has 9 heteroatoms. The van der Waals surface area contributed by atoms with Crippen LogP contribution >= 0.6 is 11.6 Å². The number of nitrogens with one attached hydrogen (secondary N) is 1. The van der Waals surface area contributed by atoms with Crippen molar-refractivity contribution in [1.82, 2.24) is 5.32 Å². The van der Waals surface area contributed by atoms with Crippen LogP contribution in [0.1, 0.15) is 29.7 Å². The topological polar surface area (TPSA) is 84.9 Å². The van der Waals surface area contributed by atoms with E-state index in [1.807, 2.05) is 13.8 Å². The number of amides is 1. The number of methoxy groups -OCH3 is 2. The molecule has 0 saturated heterocycles. The third-order valence-electron chi connectivity index (χ3n) is 5.62. The van der Waals surface area contributed by atoms with Gasteiger partial charge in [0.05, 0.1) is 30.8 Å². The van der Waals surface area contributed by atoms with Gasteiger partial charge in [-0.15, -0.1) is 0 Å². The molecule has 0 saturated carbocycles. The zero-order valence-corrected chi connectivity index (χ0v) is 21.9. The molecule has 35 heavy (non-hydrogen) atoms. The number of carbonyl (C=O) groups excluding carboxylic acids is 1. The fourth-order valence-electron chi connectivity index (χ4n) is 3.56. The quantitative estimate of drug-likeness (QED) is 0.430. The highest BCUT2D eigenvalue weighted by Crippen LogP contribution is 2.30. The van der Waals surface area contributed by atoms with Crippen LogP contribution in [0.5, 0.6) is 11.5 Å². The van der Waals surface area contributed by atoms with Gasteiger partial charge in [0, 0.05) is 10.6 Å². The Morgan fingerprint density at radius 1 is 1.00 bits per heavy atom. The number of hydrogen-bond donors (Lipinski definition) is 1. The summed E-state index contributed by atoms with van der Waals surface area (Å²) in [6, 6.07) is 16.2. The lowest BCUT2D eigenvalue weighted by atomic mass is 10.1. The number of sulfonamides is 1. The Balaban J connectivity index is 1.94. The summed E-state index contributed by atoms with van der Waals surface area (Å²) in [6.45, 7) is 5.04. The molecule has 1 N–H and O–H groups in total. The first-order valence-electron chi connectivity index (χ1n) is 10.9. The summed E-state index contributed by atoms with van der Waals surface area (Å²) < 4.78 is 38.9.